The van der Waals surface area contributed by atoms with Crippen LogP contribution in [-0.4, -0.2) is 22.1 Å². The molecule has 0 saturated carbocycles. The molecule has 2 aromatic rings. The molecule has 0 aliphatic heterocycles. The normalized spacial score (nSPS) is 12.1. The van der Waals surface area contributed by atoms with Gasteiger partial charge >= 0.3 is 0 Å². The van der Waals surface area contributed by atoms with Gasteiger partial charge in [-0.1, -0.05) is 57.2 Å². The van der Waals surface area contributed by atoms with Crippen molar-refractivity contribution < 1.29 is 19.6 Å². The quantitative estimate of drug-likeness (QED) is 0.0997. The summed E-state index contributed by atoms with van der Waals surface area (Å²) in [5.41, 5.74) is 1.57. The number of carbonyl (C=O) groups is 1. The van der Waals surface area contributed by atoms with Crippen molar-refractivity contribution in [1.82, 2.24) is 0 Å². The Morgan fingerprint density at radius 3 is 2.32 bits per heavy atom. The number of benzene rings is 2. The number of hydrogen-bond donors (Lipinski definition) is 1. The summed E-state index contributed by atoms with van der Waals surface area (Å²) in [7, 11) is 0. The van der Waals surface area contributed by atoms with Crippen molar-refractivity contribution in [2.75, 3.05) is 0 Å². The van der Waals surface area contributed by atoms with E-state index in [1.807, 2.05) is 24.3 Å². The molecule has 0 radical (unpaired) electrons. The highest BCUT2D eigenvalue weighted by molar-refractivity contribution is 5.97. The van der Waals surface area contributed by atoms with Crippen molar-refractivity contribution in [2.45, 2.75) is 64.6 Å². The van der Waals surface area contributed by atoms with E-state index in [0.29, 0.717) is 11.3 Å². The summed E-state index contributed by atoms with van der Waals surface area (Å²) in [5.74, 6) is 0.364. The van der Waals surface area contributed by atoms with Gasteiger partial charge < -0.3 is 9.84 Å². The predicted molar refractivity (Wildman–Crippen MR) is 121 cm³/mol. The number of carbonyl (C=O) groups excluding carboxylic acids is 1. The first kappa shape index (κ1) is 24.3. The number of ketones is 1. The van der Waals surface area contributed by atoms with Gasteiger partial charge in [0, 0.05) is 24.1 Å². The van der Waals surface area contributed by atoms with Crippen molar-refractivity contribution in [3.63, 3.8) is 0 Å². The highest BCUT2D eigenvalue weighted by atomic mass is 16.6. The average molecular weight is 426 g/mol. The smallest absolute Gasteiger partial charge is 0.269 e. The van der Waals surface area contributed by atoms with E-state index in [1.165, 1.54) is 80.5 Å². The van der Waals surface area contributed by atoms with E-state index < -0.39 is 11.2 Å². The lowest BCUT2D eigenvalue weighted by molar-refractivity contribution is -0.384. The number of Topliss-reactive ketones (excluding diaryl/α,β-unsaturated/α-hetero) is 1. The highest BCUT2D eigenvalue weighted by Crippen LogP contribution is 2.17. The van der Waals surface area contributed by atoms with Gasteiger partial charge in [-0.3, -0.25) is 14.9 Å². The number of non-ortho nitro benzene ring substituents is 1. The average Bonchev–Trinajstić information content (AvgIpc) is 2.77. The Morgan fingerprint density at radius 1 is 1.03 bits per heavy atom. The van der Waals surface area contributed by atoms with Crippen molar-refractivity contribution in [3.8, 4) is 5.75 Å². The molecule has 0 bridgehead atoms. The number of rotatable bonds is 14. The van der Waals surface area contributed by atoms with E-state index in [-0.39, 0.29) is 17.9 Å². The van der Waals surface area contributed by atoms with Crippen LogP contribution in [0.3, 0.4) is 0 Å². The molecule has 0 spiro atoms. The SMILES string of the molecule is CCCCCCCCc1ccc(OC(O)C=CCC(=O)c2ccc([N+](=O)[O-])cc2)cc1. The van der Waals surface area contributed by atoms with E-state index in [0.717, 1.165) is 6.42 Å². The van der Waals surface area contributed by atoms with Gasteiger partial charge in [-0.2, -0.15) is 0 Å². The van der Waals surface area contributed by atoms with Gasteiger partial charge in [0.05, 0.1) is 4.92 Å². The second kappa shape index (κ2) is 13.3. The number of nitrogens with zero attached hydrogens (tertiary/aromatic N) is 1. The topological polar surface area (TPSA) is 89.7 Å². The van der Waals surface area contributed by atoms with E-state index >= 15 is 0 Å². The molecule has 0 saturated heterocycles. The van der Waals surface area contributed by atoms with E-state index in [2.05, 4.69) is 6.92 Å². The van der Waals surface area contributed by atoms with E-state index in [1.54, 1.807) is 0 Å². The standard InChI is InChI=1S/C25H31NO5/c1-2-3-4-5-6-7-9-20-12-18-23(19-13-20)31-25(28)11-8-10-24(27)21-14-16-22(17-15-21)26(29)30/h8,11-19,25,28H,2-7,9-10H2,1H3. The Morgan fingerprint density at radius 2 is 1.68 bits per heavy atom. The van der Waals surface area contributed by atoms with Gasteiger partial charge in [-0.15, -0.1) is 0 Å². The van der Waals surface area contributed by atoms with Crippen molar-refractivity contribution in [1.29, 1.82) is 0 Å². The van der Waals surface area contributed by atoms with Gasteiger partial charge in [0.15, 0.2) is 5.78 Å². The fourth-order valence-corrected chi connectivity index (χ4v) is 3.20. The zero-order valence-electron chi connectivity index (χ0n) is 18.0. The first-order valence-corrected chi connectivity index (χ1v) is 10.9. The largest absolute Gasteiger partial charge is 0.461 e. The molecule has 0 aromatic heterocycles. The molecule has 1 unspecified atom stereocenters. The second-order valence-electron chi connectivity index (χ2n) is 7.53. The highest BCUT2D eigenvalue weighted by Gasteiger charge is 2.09. The lowest BCUT2D eigenvalue weighted by Crippen LogP contribution is -2.12. The summed E-state index contributed by atoms with van der Waals surface area (Å²) in [6.07, 6.45) is 10.5. The minimum Gasteiger partial charge on any atom is -0.461 e. The Bertz CT molecular complexity index is 843. The summed E-state index contributed by atoms with van der Waals surface area (Å²) in [6.45, 7) is 2.22. The molecule has 2 rings (SSSR count). The Labute approximate surface area is 183 Å². The number of nitro groups is 1. The molecular weight excluding hydrogens is 394 g/mol. The minimum atomic E-state index is -1.16. The first-order valence-electron chi connectivity index (χ1n) is 10.9. The monoisotopic (exact) mass is 425 g/mol. The number of nitro benzene ring substituents is 1. The lowest BCUT2D eigenvalue weighted by Gasteiger charge is -2.10. The van der Waals surface area contributed by atoms with Crippen molar-refractivity contribution in [2.24, 2.45) is 0 Å². The number of ether oxygens (including phenoxy) is 1. The van der Waals surface area contributed by atoms with Crippen LogP contribution < -0.4 is 4.74 Å². The van der Waals surface area contributed by atoms with Crippen LogP contribution in [0.25, 0.3) is 0 Å². The molecule has 2 aromatic carbocycles. The molecule has 0 heterocycles. The third kappa shape index (κ3) is 9.13. The summed E-state index contributed by atoms with van der Waals surface area (Å²) >= 11 is 0. The van der Waals surface area contributed by atoms with Crippen LogP contribution >= 0.6 is 0 Å². The van der Waals surface area contributed by atoms with Crippen LogP contribution in [0.2, 0.25) is 0 Å². The number of aliphatic hydroxyl groups is 1. The minimum absolute atomic E-state index is 0.0612. The van der Waals surface area contributed by atoms with Gasteiger partial charge in [-0.05, 0) is 48.7 Å². The van der Waals surface area contributed by atoms with Crippen LogP contribution in [0, 0.1) is 10.1 Å². The molecule has 6 nitrogen and oxygen atoms in total. The molecule has 1 N–H and O–H groups in total. The van der Waals surface area contributed by atoms with Crippen LogP contribution in [0.4, 0.5) is 5.69 Å². The Balaban J connectivity index is 1.72. The lowest BCUT2D eigenvalue weighted by atomic mass is 10.0. The zero-order valence-corrected chi connectivity index (χ0v) is 18.0. The molecule has 166 valence electrons. The molecule has 6 heteroatoms. The van der Waals surface area contributed by atoms with E-state index in [4.69, 9.17) is 4.74 Å². The van der Waals surface area contributed by atoms with Gasteiger partial charge in [0.1, 0.15) is 5.75 Å². The maximum atomic E-state index is 12.1. The summed E-state index contributed by atoms with van der Waals surface area (Å²) in [5, 5.41) is 20.7. The third-order valence-electron chi connectivity index (χ3n) is 5.00. The van der Waals surface area contributed by atoms with Crippen LogP contribution in [0.15, 0.2) is 60.7 Å². The molecule has 1 atom stereocenters. The van der Waals surface area contributed by atoms with Crippen LogP contribution in [0.1, 0.15) is 67.8 Å². The maximum Gasteiger partial charge on any atom is 0.269 e. The third-order valence-corrected chi connectivity index (χ3v) is 5.00. The molecule has 0 fully saturated rings. The van der Waals surface area contributed by atoms with E-state index in [9.17, 15) is 20.0 Å². The molecule has 0 aliphatic rings. The van der Waals surface area contributed by atoms with Gasteiger partial charge in [0.25, 0.3) is 5.69 Å². The number of hydrogen-bond acceptors (Lipinski definition) is 5. The predicted octanol–water partition coefficient (Wildman–Crippen LogP) is 6.02. The number of unbranched alkanes of at least 4 members (excludes halogenated alkanes) is 5. The fourth-order valence-electron chi connectivity index (χ4n) is 3.20. The summed E-state index contributed by atoms with van der Waals surface area (Å²) in [4.78, 5) is 22.3. The Hall–Kier alpha value is -2.99. The molecular formula is C25H31NO5. The van der Waals surface area contributed by atoms with Crippen LogP contribution in [-0.2, 0) is 6.42 Å². The van der Waals surface area contributed by atoms with Crippen LogP contribution in [0.5, 0.6) is 5.75 Å². The number of aryl methyl sites for hydroxylation is 1. The summed E-state index contributed by atoms with van der Waals surface area (Å²) < 4.78 is 5.45. The number of allylic oxidation sites excluding steroid dienone is 1. The van der Waals surface area contributed by atoms with Crippen molar-refractivity contribution >= 4 is 11.5 Å². The second-order valence-corrected chi connectivity index (χ2v) is 7.53. The van der Waals surface area contributed by atoms with Gasteiger partial charge in [-0.25, -0.2) is 0 Å². The molecule has 0 amide bonds. The number of aliphatic hydroxyl groups excluding tert-OH is 1. The van der Waals surface area contributed by atoms with Crippen molar-refractivity contribution in [3.05, 3.63) is 81.9 Å². The zero-order chi connectivity index (χ0) is 22.5. The molecule has 31 heavy (non-hydrogen) atoms. The maximum absolute atomic E-state index is 12.1. The molecule has 0 aliphatic carbocycles. The fraction of sp³-hybridized carbons (Fsp3) is 0.400. The Kier molecular flexibility index (Phi) is 10.4. The summed E-state index contributed by atoms with van der Waals surface area (Å²) in [6, 6.07) is 13.1. The first-order chi connectivity index (χ1) is 15.0. The van der Waals surface area contributed by atoms with Gasteiger partial charge in [0.2, 0.25) is 6.29 Å².